The summed E-state index contributed by atoms with van der Waals surface area (Å²) >= 11 is 6.62. The van der Waals surface area contributed by atoms with E-state index in [0.717, 1.165) is 10.2 Å². The molecule has 0 bridgehead atoms. The molecule has 1 N–H and O–H groups in total. The summed E-state index contributed by atoms with van der Waals surface area (Å²) in [5, 5.41) is 3.11. The highest BCUT2D eigenvalue weighted by molar-refractivity contribution is 9.10. The maximum absolute atomic E-state index is 12.4. The van der Waals surface area contributed by atoms with Crippen LogP contribution in [0.4, 0.5) is 14.5 Å². The molecule has 0 aliphatic carbocycles. The average molecular weight is 408 g/mol. The van der Waals surface area contributed by atoms with Gasteiger partial charge in [0.1, 0.15) is 10.4 Å². The van der Waals surface area contributed by atoms with Gasteiger partial charge < -0.3 is 10.1 Å². The van der Waals surface area contributed by atoms with Crippen LogP contribution in [0, 0.1) is 0 Å². The van der Waals surface area contributed by atoms with Crippen LogP contribution in [0.3, 0.4) is 0 Å². The maximum Gasteiger partial charge on any atom is 0.387 e. The number of ether oxygens (including phenoxy) is 1. The van der Waals surface area contributed by atoms with E-state index in [-0.39, 0.29) is 5.75 Å². The maximum atomic E-state index is 12.4. The second-order valence-corrected chi connectivity index (χ2v) is 5.49. The van der Waals surface area contributed by atoms with E-state index in [1.54, 1.807) is 24.4 Å². The molecule has 0 radical (unpaired) electrons. The summed E-state index contributed by atoms with van der Waals surface area (Å²) in [4.78, 5) is 4.07. The fourth-order valence-electron chi connectivity index (χ4n) is 1.61. The van der Waals surface area contributed by atoms with Gasteiger partial charge in [0.05, 0.1) is 5.69 Å². The van der Waals surface area contributed by atoms with Gasteiger partial charge in [-0.05, 0) is 46.3 Å². The van der Waals surface area contributed by atoms with Crippen molar-refractivity contribution in [3.63, 3.8) is 0 Å². The second kappa shape index (κ2) is 6.99. The topological polar surface area (TPSA) is 34.1 Å². The van der Waals surface area contributed by atoms with Gasteiger partial charge in [-0.2, -0.15) is 8.78 Å². The molecule has 0 saturated heterocycles. The molecule has 1 aromatic heterocycles. The smallest absolute Gasteiger partial charge is 0.387 e. The molecule has 0 fully saturated rings. The largest absolute Gasteiger partial charge is 0.434 e. The molecule has 2 rings (SSSR count). The van der Waals surface area contributed by atoms with Crippen molar-refractivity contribution in [3.05, 3.63) is 51.2 Å². The summed E-state index contributed by atoms with van der Waals surface area (Å²) in [7, 11) is 0. The molecule has 106 valence electrons. The zero-order chi connectivity index (χ0) is 14.5. The van der Waals surface area contributed by atoms with Crippen LogP contribution in [-0.4, -0.2) is 11.6 Å². The minimum absolute atomic E-state index is 0.149. The Balaban J connectivity index is 2.16. The SMILES string of the molecule is FC(F)Oc1ccc(Br)cc1CNc1cccnc1Br. The number of benzene rings is 1. The minimum Gasteiger partial charge on any atom is -0.434 e. The van der Waals surface area contributed by atoms with Crippen molar-refractivity contribution in [2.75, 3.05) is 5.32 Å². The highest BCUT2D eigenvalue weighted by Crippen LogP contribution is 2.26. The lowest BCUT2D eigenvalue weighted by Gasteiger charge is -2.13. The van der Waals surface area contributed by atoms with Gasteiger partial charge in [-0.1, -0.05) is 15.9 Å². The summed E-state index contributed by atoms with van der Waals surface area (Å²) in [5.74, 6) is 0.149. The predicted octanol–water partition coefficient (Wildman–Crippen LogP) is 4.82. The third-order valence-electron chi connectivity index (χ3n) is 2.47. The standard InChI is InChI=1S/C13H10Br2F2N2O/c14-9-3-4-11(20-13(16)17)8(6-9)7-19-10-2-1-5-18-12(10)15/h1-6,13,19H,7H2. The molecule has 0 saturated carbocycles. The average Bonchev–Trinajstić information content (AvgIpc) is 2.40. The van der Waals surface area contributed by atoms with Gasteiger partial charge >= 0.3 is 6.61 Å². The first-order valence-corrected chi connectivity index (χ1v) is 7.22. The molecular weight excluding hydrogens is 398 g/mol. The van der Waals surface area contributed by atoms with E-state index >= 15 is 0 Å². The lowest BCUT2D eigenvalue weighted by Crippen LogP contribution is -2.07. The number of nitrogens with zero attached hydrogens (tertiary/aromatic N) is 1. The molecule has 0 spiro atoms. The van der Waals surface area contributed by atoms with Crippen LogP contribution in [-0.2, 0) is 6.54 Å². The van der Waals surface area contributed by atoms with Crippen molar-refractivity contribution in [1.29, 1.82) is 0 Å². The first-order chi connectivity index (χ1) is 9.56. The van der Waals surface area contributed by atoms with Crippen LogP contribution in [0.5, 0.6) is 5.75 Å². The number of anilines is 1. The molecule has 1 aromatic carbocycles. The van der Waals surface area contributed by atoms with Crippen molar-refractivity contribution in [1.82, 2.24) is 4.98 Å². The third kappa shape index (κ3) is 4.14. The predicted molar refractivity (Wildman–Crippen MR) is 80.0 cm³/mol. The summed E-state index contributed by atoms with van der Waals surface area (Å²) in [5.41, 5.74) is 1.39. The van der Waals surface area contributed by atoms with E-state index in [1.165, 1.54) is 6.07 Å². The fraction of sp³-hybridized carbons (Fsp3) is 0.154. The molecule has 20 heavy (non-hydrogen) atoms. The van der Waals surface area contributed by atoms with Crippen LogP contribution in [0.1, 0.15) is 5.56 Å². The Kier molecular flexibility index (Phi) is 5.31. The van der Waals surface area contributed by atoms with E-state index in [4.69, 9.17) is 0 Å². The van der Waals surface area contributed by atoms with Gasteiger partial charge in [0.15, 0.2) is 0 Å². The molecule has 2 aromatic rings. The highest BCUT2D eigenvalue weighted by atomic mass is 79.9. The number of hydrogen-bond acceptors (Lipinski definition) is 3. The van der Waals surface area contributed by atoms with Crippen molar-refractivity contribution in [2.24, 2.45) is 0 Å². The Bertz CT molecular complexity index is 596. The second-order valence-electron chi connectivity index (χ2n) is 3.83. The van der Waals surface area contributed by atoms with Gasteiger partial charge in [-0.25, -0.2) is 4.98 Å². The third-order valence-corrected chi connectivity index (χ3v) is 3.59. The van der Waals surface area contributed by atoms with Gasteiger partial charge in [0.2, 0.25) is 0 Å². The van der Waals surface area contributed by atoms with Crippen LogP contribution in [0.2, 0.25) is 0 Å². The van der Waals surface area contributed by atoms with E-state index < -0.39 is 6.61 Å². The molecule has 1 heterocycles. The first-order valence-electron chi connectivity index (χ1n) is 5.64. The van der Waals surface area contributed by atoms with Crippen LogP contribution >= 0.6 is 31.9 Å². The molecule has 0 unspecified atom stereocenters. The quantitative estimate of drug-likeness (QED) is 0.721. The zero-order valence-electron chi connectivity index (χ0n) is 10.1. The monoisotopic (exact) mass is 406 g/mol. The van der Waals surface area contributed by atoms with Crippen LogP contribution in [0.15, 0.2) is 45.6 Å². The molecule has 0 aliphatic heterocycles. The van der Waals surface area contributed by atoms with Gasteiger partial charge in [0, 0.05) is 22.8 Å². The van der Waals surface area contributed by atoms with E-state index in [1.807, 2.05) is 6.07 Å². The zero-order valence-corrected chi connectivity index (χ0v) is 13.3. The van der Waals surface area contributed by atoms with Crippen LogP contribution < -0.4 is 10.1 Å². The first kappa shape index (κ1) is 15.2. The molecular formula is C13H10Br2F2N2O. The molecule has 3 nitrogen and oxygen atoms in total. The Hall–Kier alpha value is -1.21. The van der Waals surface area contributed by atoms with Gasteiger partial charge in [-0.3, -0.25) is 0 Å². The molecule has 0 amide bonds. The summed E-state index contributed by atoms with van der Waals surface area (Å²) < 4.78 is 30.7. The number of pyridine rings is 1. The number of nitrogens with one attached hydrogen (secondary N) is 1. The molecule has 0 atom stereocenters. The Morgan fingerprint density at radius 1 is 1.25 bits per heavy atom. The molecule has 7 heteroatoms. The van der Waals surface area contributed by atoms with Crippen molar-refractivity contribution < 1.29 is 13.5 Å². The fourth-order valence-corrected chi connectivity index (χ4v) is 2.40. The van der Waals surface area contributed by atoms with Crippen molar-refractivity contribution >= 4 is 37.5 Å². The van der Waals surface area contributed by atoms with Gasteiger partial charge in [-0.15, -0.1) is 0 Å². The Labute approximate surface area is 131 Å². The number of aromatic nitrogens is 1. The minimum atomic E-state index is -2.85. The van der Waals surface area contributed by atoms with Gasteiger partial charge in [0.25, 0.3) is 0 Å². The number of rotatable bonds is 5. The summed E-state index contributed by atoms with van der Waals surface area (Å²) in [6.45, 7) is -2.51. The van der Waals surface area contributed by atoms with Crippen molar-refractivity contribution in [3.8, 4) is 5.75 Å². The van der Waals surface area contributed by atoms with E-state index in [0.29, 0.717) is 16.7 Å². The number of hydrogen-bond donors (Lipinski definition) is 1. The summed E-state index contributed by atoms with van der Waals surface area (Å²) in [6.07, 6.45) is 1.65. The molecule has 0 aliphatic rings. The normalized spacial score (nSPS) is 10.7. The number of halogens is 4. The van der Waals surface area contributed by atoms with Crippen LogP contribution in [0.25, 0.3) is 0 Å². The Morgan fingerprint density at radius 2 is 2.05 bits per heavy atom. The van der Waals surface area contributed by atoms with E-state index in [2.05, 4.69) is 46.9 Å². The Morgan fingerprint density at radius 3 is 2.75 bits per heavy atom. The van der Waals surface area contributed by atoms with Crippen molar-refractivity contribution in [2.45, 2.75) is 13.2 Å². The highest BCUT2D eigenvalue weighted by Gasteiger charge is 2.10. The number of alkyl halides is 2. The van der Waals surface area contributed by atoms with E-state index in [9.17, 15) is 8.78 Å². The summed E-state index contributed by atoms with van der Waals surface area (Å²) in [6, 6.07) is 8.51. The lowest BCUT2D eigenvalue weighted by atomic mass is 10.2. The lowest BCUT2D eigenvalue weighted by molar-refractivity contribution is -0.0504.